The fraction of sp³-hybridized carbons (Fsp3) is 0.500. The summed E-state index contributed by atoms with van der Waals surface area (Å²) in [5.41, 5.74) is 0.296. The van der Waals surface area contributed by atoms with Gasteiger partial charge >= 0.3 is 5.97 Å². The first-order chi connectivity index (χ1) is 7.58. The molecule has 2 rings (SSSR count). The Morgan fingerprint density at radius 1 is 1.50 bits per heavy atom. The van der Waals surface area contributed by atoms with Crippen LogP contribution in [0.3, 0.4) is 0 Å². The molecule has 1 aromatic heterocycles. The van der Waals surface area contributed by atoms with E-state index < -0.39 is 16.8 Å². The highest BCUT2D eigenvalue weighted by molar-refractivity contribution is 9.10. The van der Waals surface area contributed by atoms with Gasteiger partial charge in [0.05, 0.1) is 0 Å². The smallest absolute Gasteiger partial charge is 0.352 e. The van der Waals surface area contributed by atoms with Crippen LogP contribution in [-0.4, -0.2) is 31.4 Å². The van der Waals surface area contributed by atoms with Crippen molar-refractivity contribution in [1.82, 2.24) is 4.57 Å². The lowest BCUT2D eigenvalue weighted by Gasteiger charge is -2.24. The normalized spacial score (nSPS) is 25.6. The Morgan fingerprint density at radius 3 is 2.69 bits per heavy atom. The highest BCUT2D eigenvalue weighted by Gasteiger charge is 2.23. The molecule has 0 aromatic carbocycles. The van der Waals surface area contributed by atoms with Gasteiger partial charge in [-0.05, 0) is 34.8 Å². The van der Waals surface area contributed by atoms with Crippen LogP contribution in [0.4, 0.5) is 0 Å². The molecule has 4 nitrogen and oxygen atoms in total. The van der Waals surface area contributed by atoms with Crippen molar-refractivity contribution in [2.45, 2.75) is 18.9 Å². The van der Waals surface area contributed by atoms with Gasteiger partial charge in [0, 0.05) is 39.0 Å². The minimum atomic E-state index is -0.919. The number of carboxylic acids is 1. The molecule has 0 radical (unpaired) electrons. The maximum absolute atomic E-state index is 11.2. The van der Waals surface area contributed by atoms with Gasteiger partial charge in [0.1, 0.15) is 5.69 Å². The van der Waals surface area contributed by atoms with E-state index >= 15 is 0 Å². The van der Waals surface area contributed by atoms with Crippen molar-refractivity contribution in [3.05, 3.63) is 22.4 Å². The standard InChI is InChI=1S/C10H12BrNO3S/c11-7-5-9(10(13)14)12(6-7)8-1-3-16(15)4-2-8/h5-6,8H,1-4H2,(H,13,14). The molecule has 2 heterocycles. The van der Waals surface area contributed by atoms with Crippen molar-refractivity contribution >= 4 is 32.7 Å². The average Bonchev–Trinajstić information content (AvgIpc) is 2.61. The number of hydrogen-bond donors (Lipinski definition) is 1. The van der Waals surface area contributed by atoms with Crippen molar-refractivity contribution in [2.75, 3.05) is 11.5 Å². The van der Waals surface area contributed by atoms with Crippen LogP contribution in [0.15, 0.2) is 16.7 Å². The number of carbonyl (C=O) groups is 1. The van der Waals surface area contributed by atoms with Crippen molar-refractivity contribution in [2.24, 2.45) is 0 Å². The molecule has 0 atom stereocenters. The molecular weight excluding hydrogens is 294 g/mol. The summed E-state index contributed by atoms with van der Waals surface area (Å²) in [6, 6.07) is 1.77. The van der Waals surface area contributed by atoms with Crippen LogP contribution >= 0.6 is 15.9 Å². The zero-order valence-corrected chi connectivity index (χ0v) is 11.0. The van der Waals surface area contributed by atoms with Crippen LogP contribution in [0.1, 0.15) is 29.4 Å². The molecule has 0 unspecified atom stereocenters. The van der Waals surface area contributed by atoms with Gasteiger partial charge < -0.3 is 9.67 Å². The molecule has 0 bridgehead atoms. The molecule has 0 saturated carbocycles. The van der Waals surface area contributed by atoms with E-state index in [-0.39, 0.29) is 6.04 Å². The Hall–Kier alpha value is -0.620. The van der Waals surface area contributed by atoms with Gasteiger partial charge in [-0.2, -0.15) is 0 Å². The average molecular weight is 306 g/mol. The lowest BCUT2D eigenvalue weighted by atomic mass is 10.1. The number of halogens is 1. The minimum Gasteiger partial charge on any atom is -0.477 e. The molecule has 0 amide bonds. The van der Waals surface area contributed by atoms with E-state index in [9.17, 15) is 9.00 Å². The SMILES string of the molecule is O=C(O)c1cc(Br)cn1C1CCS(=O)CC1. The summed E-state index contributed by atoms with van der Waals surface area (Å²) < 4.78 is 13.8. The first-order valence-corrected chi connectivity index (χ1v) is 7.31. The molecule has 6 heteroatoms. The van der Waals surface area contributed by atoms with E-state index in [0.29, 0.717) is 17.2 Å². The molecular formula is C10H12BrNO3S. The van der Waals surface area contributed by atoms with Crippen LogP contribution in [0, 0.1) is 0 Å². The van der Waals surface area contributed by atoms with Crippen molar-refractivity contribution in [1.29, 1.82) is 0 Å². The summed E-state index contributed by atoms with van der Waals surface area (Å²) in [7, 11) is -0.718. The van der Waals surface area contributed by atoms with Gasteiger partial charge in [0.2, 0.25) is 0 Å². The Morgan fingerprint density at radius 2 is 2.12 bits per heavy atom. The summed E-state index contributed by atoms with van der Waals surface area (Å²) >= 11 is 3.29. The third kappa shape index (κ3) is 2.38. The monoisotopic (exact) mass is 305 g/mol. The first-order valence-electron chi connectivity index (χ1n) is 5.03. The molecule has 16 heavy (non-hydrogen) atoms. The largest absolute Gasteiger partial charge is 0.477 e. The predicted molar refractivity (Wildman–Crippen MR) is 65.2 cm³/mol. The Balaban J connectivity index is 2.26. The summed E-state index contributed by atoms with van der Waals surface area (Å²) in [6.45, 7) is 0. The van der Waals surface area contributed by atoms with Gasteiger partial charge in [0.25, 0.3) is 0 Å². The van der Waals surface area contributed by atoms with E-state index in [1.165, 1.54) is 0 Å². The first kappa shape index (κ1) is 11.9. The van der Waals surface area contributed by atoms with Crippen LogP contribution in [-0.2, 0) is 10.8 Å². The second-order valence-corrected chi connectivity index (χ2v) is 6.45. The van der Waals surface area contributed by atoms with E-state index in [1.807, 2.05) is 0 Å². The molecule has 1 saturated heterocycles. The van der Waals surface area contributed by atoms with E-state index in [4.69, 9.17) is 5.11 Å². The summed E-state index contributed by atoms with van der Waals surface area (Å²) in [6.07, 6.45) is 3.37. The van der Waals surface area contributed by atoms with Gasteiger partial charge in [0.15, 0.2) is 0 Å². The van der Waals surface area contributed by atoms with Gasteiger partial charge in [-0.1, -0.05) is 0 Å². The van der Waals surface area contributed by atoms with Crippen molar-refractivity contribution in [3.8, 4) is 0 Å². The number of rotatable bonds is 2. The summed E-state index contributed by atoms with van der Waals surface area (Å²) in [4.78, 5) is 11.0. The van der Waals surface area contributed by atoms with Crippen molar-refractivity contribution < 1.29 is 14.1 Å². The Labute approximate surface area is 104 Å². The molecule has 0 aliphatic carbocycles. The molecule has 1 aromatic rings. The van der Waals surface area contributed by atoms with Crippen LogP contribution < -0.4 is 0 Å². The molecule has 1 fully saturated rings. The minimum absolute atomic E-state index is 0.162. The molecule has 1 aliphatic rings. The Kier molecular flexibility index (Phi) is 3.49. The number of nitrogens with zero attached hydrogens (tertiary/aromatic N) is 1. The fourth-order valence-corrected chi connectivity index (χ4v) is 3.69. The highest BCUT2D eigenvalue weighted by Crippen LogP contribution is 2.27. The van der Waals surface area contributed by atoms with Crippen LogP contribution in [0.5, 0.6) is 0 Å². The third-order valence-electron chi connectivity index (χ3n) is 2.79. The topological polar surface area (TPSA) is 59.3 Å². The zero-order valence-electron chi connectivity index (χ0n) is 8.56. The Bertz CT molecular complexity index is 433. The van der Waals surface area contributed by atoms with Gasteiger partial charge in [-0.25, -0.2) is 4.79 Å². The number of hydrogen-bond acceptors (Lipinski definition) is 2. The lowest BCUT2D eigenvalue weighted by Crippen LogP contribution is -2.23. The van der Waals surface area contributed by atoms with E-state index in [1.54, 1.807) is 16.8 Å². The van der Waals surface area contributed by atoms with E-state index in [0.717, 1.165) is 17.3 Å². The number of carboxylic acid groups (broad SMARTS) is 1. The highest BCUT2D eigenvalue weighted by atomic mass is 79.9. The molecule has 88 valence electrons. The lowest BCUT2D eigenvalue weighted by molar-refractivity contribution is 0.0682. The second kappa shape index (κ2) is 4.71. The number of aromatic carboxylic acids is 1. The van der Waals surface area contributed by atoms with Crippen molar-refractivity contribution in [3.63, 3.8) is 0 Å². The van der Waals surface area contributed by atoms with Gasteiger partial charge in [-0.15, -0.1) is 0 Å². The predicted octanol–water partition coefficient (Wildman–Crippen LogP) is 2.03. The number of aromatic nitrogens is 1. The van der Waals surface area contributed by atoms with E-state index in [2.05, 4.69) is 15.9 Å². The molecule has 1 N–H and O–H groups in total. The van der Waals surface area contributed by atoms with Crippen LogP contribution in [0.25, 0.3) is 0 Å². The third-order valence-corrected chi connectivity index (χ3v) is 4.60. The second-order valence-electron chi connectivity index (χ2n) is 3.84. The quantitative estimate of drug-likeness (QED) is 0.909. The zero-order chi connectivity index (χ0) is 11.7. The maximum atomic E-state index is 11.2. The summed E-state index contributed by atoms with van der Waals surface area (Å²) in [5, 5.41) is 9.06. The molecule has 0 spiro atoms. The van der Waals surface area contributed by atoms with Crippen LogP contribution in [0.2, 0.25) is 0 Å². The molecule has 1 aliphatic heterocycles. The fourth-order valence-electron chi connectivity index (χ4n) is 1.98. The summed E-state index contributed by atoms with van der Waals surface area (Å²) in [5.74, 6) is 0.413. The maximum Gasteiger partial charge on any atom is 0.352 e. The van der Waals surface area contributed by atoms with Gasteiger partial charge in [-0.3, -0.25) is 4.21 Å².